The Morgan fingerprint density at radius 1 is 1.29 bits per heavy atom. The molecule has 2 fully saturated rings. The Hall–Kier alpha value is -1.62. The molecule has 3 N–H and O–H groups in total. The van der Waals surface area contributed by atoms with Crippen molar-refractivity contribution in [1.82, 2.24) is 10.3 Å². The van der Waals surface area contributed by atoms with E-state index >= 15 is 0 Å². The van der Waals surface area contributed by atoms with Crippen molar-refractivity contribution in [1.29, 1.82) is 0 Å². The Balaban J connectivity index is 1.71. The predicted molar refractivity (Wildman–Crippen MR) is 81.6 cm³/mol. The average Bonchev–Trinajstić information content (AvgIpc) is 3.03. The molecule has 0 saturated carbocycles. The SMILES string of the molecule is NC(=O)c1cc2c(nc1N1CCC3CCC(C1)N3)CCC2. The van der Waals surface area contributed by atoms with E-state index in [2.05, 4.69) is 10.2 Å². The van der Waals surface area contributed by atoms with Crippen LogP contribution in [0.3, 0.4) is 0 Å². The first-order chi connectivity index (χ1) is 10.2. The van der Waals surface area contributed by atoms with E-state index < -0.39 is 0 Å². The summed E-state index contributed by atoms with van der Waals surface area (Å²) in [6.45, 7) is 1.89. The molecule has 4 rings (SSSR count). The molecule has 0 aromatic carbocycles. The number of hydrogen-bond acceptors (Lipinski definition) is 4. The fourth-order valence-electron chi connectivity index (χ4n) is 4.02. The third kappa shape index (κ3) is 2.29. The lowest BCUT2D eigenvalue weighted by Gasteiger charge is -2.27. The van der Waals surface area contributed by atoms with E-state index in [9.17, 15) is 4.79 Å². The van der Waals surface area contributed by atoms with Crippen LogP contribution in [-0.4, -0.2) is 36.1 Å². The molecule has 1 aliphatic carbocycles. The van der Waals surface area contributed by atoms with Gasteiger partial charge in [-0.05, 0) is 50.2 Å². The number of carbonyl (C=O) groups is 1. The number of nitrogens with two attached hydrogens (primary N) is 1. The normalized spacial score (nSPS) is 27.5. The van der Waals surface area contributed by atoms with E-state index in [0.717, 1.165) is 50.3 Å². The molecule has 2 bridgehead atoms. The van der Waals surface area contributed by atoms with Gasteiger partial charge in [0.25, 0.3) is 5.91 Å². The van der Waals surface area contributed by atoms with Crippen LogP contribution in [0.4, 0.5) is 5.82 Å². The highest BCUT2D eigenvalue weighted by Gasteiger charge is 2.31. The van der Waals surface area contributed by atoms with Gasteiger partial charge in [-0.25, -0.2) is 4.98 Å². The van der Waals surface area contributed by atoms with Crippen LogP contribution in [0, 0.1) is 0 Å². The maximum Gasteiger partial charge on any atom is 0.252 e. The number of nitrogens with one attached hydrogen (secondary N) is 1. The minimum atomic E-state index is -0.352. The van der Waals surface area contributed by atoms with E-state index in [1.165, 1.54) is 18.4 Å². The Labute approximate surface area is 124 Å². The number of nitrogens with zero attached hydrogens (tertiary/aromatic N) is 2. The summed E-state index contributed by atoms with van der Waals surface area (Å²) in [5.74, 6) is 0.465. The van der Waals surface area contributed by atoms with Crippen molar-refractivity contribution in [2.45, 2.75) is 50.6 Å². The van der Waals surface area contributed by atoms with E-state index in [0.29, 0.717) is 17.6 Å². The highest BCUT2D eigenvalue weighted by molar-refractivity contribution is 5.98. The van der Waals surface area contributed by atoms with Crippen LogP contribution in [0.15, 0.2) is 6.07 Å². The number of pyridine rings is 1. The fourth-order valence-corrected chi connectivity index (χ4v) is 4.02. The summed E-state index contributed by atoms with van der Waals surface area (Å²) < 4.78 is 0. The summed E-state index contributed by atoms with van der Waals surface area (Å²) in [5.41, 5.74) is 8.59. The molecule has 1 aromatic rings. The van der Waals surface area contributed by atoms with Gasteiger partial charge in [0.15, 0.2) is 0 Å². The van der Waals surface area contributed by atoms with Crippen LogP contribution < -0.4 is 16.0 Å². The maximum absolute atomic E-state index is 11.8. The molecule has 21 heavy (non-hydrogen) atoms. The molecule has 5 nitrogen and oxygen atoms in total. The lowest BCUT2D eigenvalue weighted by Crippen LogP contribution is -2.37. The van der Waals surface area contributed by atoms with E-state index in [1.807, 2.05) is 6.07 Å². The quantitative estimate of drug-likeness (QED) is 0.851. The lowest BCUT2D eigenvalue weighted by molar-refractivity contribution is 0.100. The van der Waals surface area contributed by atoms with Crippen LogP contribution in [0.25, 0.3) is 0 Å². The molecule has 1 aromatic heterocycles. The Bertz CT molecular complexity index is 586. The van der Waals surface area contributed by atoms with Gasteiger partial charge in [-0.1, -0.05) is 0 Å². The lowest BCUT2D eigenvalue weighted by atomic mass is 10.1. The molecular weight excluding hydrogens is 264 g/mol. The largest absolute Gasteiger partial charge is 0.365 e. The zero-order valence-electron chi connectivity index (χ0n) is 12.3. The van der Waals surface area contributed by atoms with Gasteiger partial charge in [0.2, 0.25) is 0 Å². The van der Waals surface area contributed by atoms with E-state index in [1.54, 1.807) is 0 Å². The van der Waals surface area contributed by atoms with Gasteiger partial charge < -0.3 is 16.0 Å². The highest BCUT2D eigenvalue weighted by Crippen LogP contribution is 2.30. The predicted octanol–water partition coefficient (Wildman–Crippen LogP) is 1.000. The van der Waals surface area contributed by atoms with E-state index in [-0.39, 0.29) is 5.91 Å². The van der Waals surface area contributed by atoms with Crippen molar-refractivity contribution in [2.75, 3.05) is 18.0 Å². The number of carbonyl (C=O) groups excluding carboxylic acids is 1. The van der Waals surface area contributed by atoms with Crippen LogP contribution in [0.2, 0.25) is 0 Å². The van der Waals surface area contributed by atoms with E-state index in [4.69, 9.17) is 10.7 Å². The molecule has 0 spiro atoms. The van der Waals surface area contributed by atoms with Gasteiger partial charge in [0.1, 0.15) is 5.82 Å². The molecule has 2 unspecified atom stereocenters. The molecule has 2 atom stereocenters. The molecule has 0 radical (unpaired) electrons. The first-order valence-corrected chi connectivity index (χ1v) is 8.04. The van der Waals surface area contributed by atoms with Crippen LogP contribution in [-0.2, 0) is 12.8 Å². The van der Waals surface area contributed by atoms with Crippen LogP contribution in [0.5, 0.6) is 0 Å². The second-order valence-corrected chi connectivity index (χ2v) is 6.56. The summed E-state index contributed by atoms with van der Waals surface area (Å²) in [5, 5.41) is 3.67. The molecule has 112 valence electrons. The fraction of sp³-hybridized carbons (Fsp3) is 0.625. The second kappa shape index (κ2) is 4.98. The number of aromatic nitrogens is 1. The summed E-state index contributed by atoms with van der Waals surface area (Å²) in [6.07, 6.45) is 6.80. The topological polar surface area (TPSA) is 71.2 Å². The molecule has 2 saturated heterocycles. The van der Waals surface area contributed by atoms with Gasteiger partial charge in [0, 0.05) is 30.9 Å². The molecule has 3 aliphatic rings. The second-order valence-electron chi connectivity index (χ2n) is 6.56. The van der Waals surface area contributed by atoms with Gasteiger partial charge in [-0.15, -0.1) is 0 Å². The number of rotatable bonds is 2. The average molecular weight is 286 g/mol. The molecular formula is C16H22N4O. The zero-order chi connectivity index (χ0) is 14.4. The van der Waals surface area contributed by atoms with Gasteiger partial charge in [-0.2, -0.15) is 0 Å². The number of amides is 1. The summed E-state index contributed by atoms with van der Waals surface area (Å²) in [7, 11) is 0. The number of hydrogen-bond donors (Lipinski definition) is 2. The summed E-state index contributed by atoms with van der Waals surface area (Å²) in [4.78, 5) is 18.9. The molecule has 2 aliphatic heterocycles. The highest BCUT2D eigenvalue weighted by atomic mass is 16.1. The Morgan fingerprint density at radius 3 is 3.00 bits per heavy atom. The summed E-state index contributed by atoms with van der Waals surface area (Å²) >= 11 is 0. The minimum Gasteiger partial charge on any atom is -0.365 e. The number of primary amides is 1. The summed E-state index contributed by atoms with van der Waals surface area (Å²) in [6, 6.07) is 3.14. The van der Waals surface area contributed by atoms with Crippen molar-refractivity contribution in [2.24, 2.45) is 5.73 Å². The third-order valence-corrected chi connectivity index (χ3v) is 5.12. The number of anilines is 1. The Morgan fingerprint density at radius 2 is 2.14 bits per heavy atom. The molecule has 3 heterocycles. The first-order valence-electron chi connectivity index (χ1n) is 8.04. The van der Waals surface area contributed by atoms with Gasteiger partial charge in [-0.3, -0.25) is 4.79 Å². The van der Waals surface area contributed by atoms with Crippen LogP contribution in [0.1, 0.15) is 47.3 Å². The van der Waals surface area contributed by atoms with Crippen molar-refractivity contribution >= 4 is 11.7 Å². The van der Waals surface area contributed by atoms with Crippen molar-refractivity contribution < 1.29 is 4.79 Å². The molecule has 5 heteroatoms. The zero-order valence-corrected chi connectivity index (χ0v) is 12.3. The Kier molecular flexibility index (Phi) is 3.10. The first kappa shape index (κ1) is 13.1. The van der Waals surface area contributed by atoms with Crippen molar-refractivity contribution in [3.8, 4) is 0 Å². The minimum absolute atomic E-state index is 0.352. The number of aryl methyl sites for hydroxylation is 2. The van der Waals surface area contributed by atoms with Crippen molar-refractivity contribution in [3.63, 3.8) is 0 Å². The smallest absolute Gasteiger partial charge is 0.252 e. The van der Waals surface area contributed by atoms with Crippen LogP contribution >= 0.6 is 0 Å². The monoisotopic (exact) mass is 286 g/mol. The molecule has 1 amide bonds. The van der Waals surface area contributed by atoms with Crippen molar-refractivity contribution in [3.05, 3.63) is 22.9 Å². The number of fused-ring (bicyclic) bond motifs is 3. The van der Waals surface area contributed by atoms with Gasteiger partial charge >= 0.3 is 0 Å². The standard InChI is InChI=1S/C16H22N4O/c17-15(21)13-8-10-2-1-3-14(10)19-16(13)20-7-6-11-4-5-12(9-20)18-11/h8,11-12,18H,1-7,9H2,(H2,17,21). The maximum atomic E-state index is 11.8. The van der Waals surface area contributed by atoms with Gasteiger partial charge in [0.05, 0.1) is 5.56 Å². The third-order valence-electron chi connectivity index (χ3n) is 5.12.